The van der Waals surface area contributed by atoms with Gasteiger partial charge in [0.1, 0.15) is 5.76 Å². The maximum absolute atomic E-state index is 12.4. The predicted octanol–water partition coefficient (Wildman–Crippen LogP) is 1.69. The summed E-state index contributed by atoms with van der Waals surface area (Å²) in [6.07, 6.45) is -0.364. The van der Waals surface area contributed by atoms with E-state index in [0.29, 0.717) is 0 Å². The van der Waals surface area contributed by atoms with Crippen LogP contribution in [0.4, 0.5) is 18.0 Å². The van der Waals surface area contributed by atoms with Gasteiger partial charge in [-0.2, -0.15) is 21.6 Å². The van der Waals surface area contributed by atoms with E-state index in [-0.39, 0.29) is 29.7 Å². The van der Waals surface area contributed by atoms with Crippen LogP contribution in [0.5, 0.6) is 0 Å². The second-order valence-corrected chi connectivity index (χ2v) is 10.6. The van der Waals surface area contributed by atoms with Crippen LogP contribution in [-0.4, -0.2) is 52.9 Å². The van der Waals surface area contributed by atoms with Crippen LogP contribution in [-0.2, 0) is 14.3 Å². The molecule has 0 aromatic heterocycles. The van der Waals surface area contributed by atoms with Crippen molar-refractivity contribution < 1.29 is 35.7 Å². The highest BCUT2D eigenvalue weighted by Gasteiger charge is 2.49. The minimum atomic E-state index is -5.75. The molecule has 0 aliphatic carbocycles. The maximum atomic E-state index is 12.4. The van der Waals surface area contributed by atoms with Gasteiger partial charge in [-0.25, -0.2) is 4.79 Å². The molecule has 1 aliphatic rings. The first-order chi connectivity index (χ1) is 10.2. The monoisotopic (exact) mass is 375 g/mol. The van der Waals surface area contributed by atoms with E-state index in [1.807, 2.05) is 13.8 Å². The third-order valence-electron chi connectivity index (χ3n) is 4.02. The van der Waals surface area contributed by atoms with Gasteiger partial charge in [0.25, 0.3) is 0 Å². The lowest BCUT2D eigenvalue weighted by molar-refractivity contribution is -0.0527. The minimum absolute atomic E-state index is 0.175. The summed E-state index contributed by atoms with van der Waals surface area (Å²) in [6, 6.07) is -0.650. The smallest absolute Gasteiger partial charge is 0.465 e. The van der Waals surface area contributed by atoms with Crippen molar-refractivity contribution in [3.8, 4) is 0 Å². The van der Waals surface area contributed by atoms with E-state index in [4.69, 9.17) is 0 Å². The summed E-state index contributed by atoms with van der Waals surface area (Å²) in [4.78, 5) is 12.4. The van der Waals surface area contributed by atoms with E-state index in [1.165, 1.54) is 0 Å². The normalized spacial score (nSPS) is 21.7. The van der Waals surface area contributed by atoms with Crippen LogP contribution in [0, 0.1) is 5.92 Å². The number of alkyl halides is 3. The Morgan fingerprint density at radius 3 is 2.39 bits per heavy atom. The molecule has 1 rings (SSSR count). The molecule has 0 spiro atoms. The number of amides is 1. The van der Waals surface area contributed by atoms with E-state index in [0.717, 1.165) is 21.2 Å². The van der Waals surface area contributed by atoms with Gasteiger partial charge in [0.15, 0.2) is 0 Å². The topological polar surface area (TPSA) is 83.9 Å². The molecule has 1 amide bonds. The summed E-state index contributed by atoms with van der Waals surface area (Å²) >= 11 is 0. The van der Waals surface area contributed by atoms with Crippen LogP contribution in [0.2, 0.25) is 5.04 Å². The number of halogens is 3. The van der Waals surface area contributed by atoms with Crippen LogP contribution < -0.4 is 0 Å². The van der Waals surface area contributed by atoms with Gasteiger partial charge in [-0.1, -0.05) is 20.8 Å². The molecule has 11 heteroatoms. The molecule has 134 valence electrons. The zero-order chi connectivity index (χ0) is 18.2. The van der Waals surface area contributed by atoms with Gasteiger partial charge in [-0.15, -0.1) is 0 Å². The van der Waals surface area contributed by atoms with Crippen LogP contribution in [0.15, 0.2) is 11.8 Å². The zero-order valence-electron chi connectivity index (χ0n) is 13.2. The number of nitrogens with zero attached hydrogens (tertiary/aromatic N) is 1. The molecule has 0 fully saturated rings. The zero-order valence-corrected chi connectivity index (χ0v) is 16.0. The molecular weight excluding hydrogens is 355 g/mol. The first kappa shape index (κ1) is 19.8. The predicted molar refractivity (Wildman–Crippen MR) is 80.4 cm³/mol. The Morgan fingerprint density at radius 2 is 2.00 bits per heavy atom. The number of carbonyl (C=O) groups is 1. The number of hydrogen-bond acceptors (Lipinski definition) is 4. The molecule has 0 aromatic rings. The van der Waals surface area contributed by atoms with Crippen molar-refractivity contribution >= 4 is 26.5 Å². The number of hydrogen-bond donors (Lipinski definition) is 1. The van der Waals surface area contributed by atoms with Crippen LogP contribution in [0.3, 0.4) is 0 Å². The SMILES string of the molecule is CC(C1CC(OS(=O)(=O)C(F)(F)F)=CCN1C(=O)O)C(C)(C)[SiH3]. The molecular formula is C12H20F3NO5SSi. The lowest BCUT2D eigenvalue weighted by Crippen LogP contribution is -2.48. The molecule has 2 atom stereocenters. The van der Waals surface area contributed by atoms with Crippen molar-refractivity contribution in [1.82, 2.24) is 4.90 Å². The third-order valence-corrected chi connectivity index (χ3v) is 5.93. The van der Waals surface area contributed by atoms with Crippen molar-refractivity contribution in [1.29, 1.82) is 0 Å². The molecule has 0 bridgehead atoms. The highest BCUT2D eigenvalue weighted by Crippen LogP contribution is 2.39. The standard InChI is InChI=1S/C12H20F3NO5SSi/c1-7(11(2,3)23)9-6-8(4-5-16(9)10(17)18)21-22(19,20)12(13,14)15/h4,7,9H,5-6H2,1-3,23H3,(H,17,18). The highest BCUT2D eigenvalue weighted by atomic mass is 32.2. The summed E-state index contributed by atoms with van der Waals surface area (Å²) in [5, 5.41) is 9.05. The lowest BCUT2D eigenvalue weighted by atomic mass is 9.85. The molecule has 0 saturated carbocycles. The van der Waals surface area contributed by atoms with E-state index < -0.39 is 27.8 Å². The summed E-state index contributed by atoms with van der Waals surface area (Å²) in [6.45, 7) is 5.43. The molecule has 1 aliphatic heterocycles. The summed E-state index contributed by atoms with van der Waals surface area (Å²) in [5.74, 6) is -0.547. The van der Waals surface area contributed by atoms with Crippen molar-refractivity contribution in [3.63, 3.8) is 0 Å². The van der Waals surface area contributed by atoms with E-state index in [9.17, 15) is 31.5 Å². The van der Waals surface area contributed by atoms with Gasteiger partial charge in [0.2, 0.25) is 0 Å². The molecule has 0 aromatic carbocycles. The van der Waals surface area contributed by atoms with Crippen LogP contribution >= 0.6 is 0 Å². The first-order valence-corrected chi connectivity index (χ1v) is 9.27. The van der Waals surface area contributed by atoms with Gasteiger partial charge >= 0.3 is 21.7 Å². The highest BCUT2D eigenvalue weighted by molar-refractivity contribution is 7.87. The summed E-state index contributed by atoms with van der Waals surface area (Å²) in [7, 11) is -5.01. The van der Waals surface area contributed by atoms with E-state index in [2.05, 4.69) is 4.18 Å². The molecule has 1 N–H and O–H groups in total. The fraction of sp³-hybridized carbons (Fsp3) is 0.750. The van der Waals surface area contributed by atoms with Crippen molar-refractivity contribution in [3.05, 3.63) is 11.8 Å². The quantitative estimate of drug-likeness (QED) is 0.459. The summed E-state index contributed by atoms with van der Waals surface area (Å²) < 4.78 is 63.6. The fourth-order valence-corrected chi connectivity index (χ4v) is 3.13. The number of carboxylic acid groups (broad SMARTS) is 1. The average Bonchev–Trinajstić information content (AvgIpc) is 2.34. The Labute approximate surface area is 135 Å². The Bertz CT molecular complexity index is 597. The second-order valence-electron chi connectivity index (χ2n) is 6.51. The third kappa shape index (κ3) is 4.63. The maximum Gasteiger partial charge on any atom is 0.534 e. The van der Waals surface area contributed by atoms with Crippen LogP contribution in [0.25, 0.3) is 0 Å². The molecule has 2 unspecified atom stereocenters. The number of rotatable bonds is 4. The average molecular weight is 375 g/mol. The lowest BCUT2D eigenvalue weighted by Gasteiger charge is -2.41. The van der Waals surface area contributed by atoms with Gasteiger partial charge in [0, 0.05) is 29.2 Å². The molecule has 1 heterocycles. The van der Waals surface area contributed by atoms with Gasteiger partial charge in [-0.3, -0.25) is 0 Å². The van der Waals surface area contributed by atoms with Gasteiger partial charge in [0.05, 0.1) is 0 Å². The largest absolute Gasteiger partial charge is 0.534 e. The van der Waals surface area contributed by atoms with Crippen molar-refractivity contribution in [2.75, 3.05) is 6.54 Å². The Morgan fingerprint density at radius 1 is 1.48 bits per heavy atom. The van der Waals surface area contributed by atoms with E-state index in [1.54, 1.807) is 6.92 Å². The Kier molecular flexibility index (Phi) is 5.46. The van der Waals surface area contributed by atoms with Gasteiger partial charge in [-0.05, 0) is 17.0 Å². The minimum Gasteiger partial charge on any atom is -0.465 e. The van der Waals surface area contributed by atoms with Gasteiger partial charge < -0.3 is 14.2 Å². The first-order valence-electron chi connectivity index (χ1n) is 6.86. The fourth-order valence-electron chi connectivity index (χ4n) is 2.24. The van der Waals surface area contributed by atoms with E-state index >= 15 is 0 Å². The Balaban J connectivity index is 3.07. The second kappa shape index (κ2) is 6.34. The van der Waals surface area contributed by atoms with Crippen molar-refractivity contribution in [2.45, 2.75) is 43.8 Å². The van der Waals surface area contributed by atoms with Crippen molar-refractivity contribution in [2.24, 2.45) is 5.92 Å². The molecule has 0 radical (unpaired) electrons. The molecule has 6 nitrogen and oxygen atoms in total. The molecule has 23 heavy (non-hydrogen) atoms. The van der Waals surface area contributed by atoms with Crippen LogP contribution in [0.1, 0.15) is 27.2 Å². The molecule has 0 saturated heterocycles. The summed E-state index contributed by atoms with van der Waals surface area (Å²) in [5.41, 5.74) is -5.52. The Hall–Kier alpha value is -1.23.